The first-order valence-electron chi connectivity index (χ1n) is 19.8. The summed E-state index contributed by atoms with van der Waals surface area (Å²) >= 11 is 0. The van der Waals surface area contributed by atoms with Crippen molar-refractivity contribution in [3.63, 3.8) is 0 Å². The number of anilines is 3. The number of rotatable bonds is 7. The van der Waals surface area contributed by atoms with E-state index in [-0.39, 0.29) is 0 Å². The van der Waals surface area contributed by atoms with Gasteiger partial charge in [0.15, 0.2) is 0 Å². The molecule has 0 spiro atoms. The van der Waals surface area contributed by atoms with Crippen molar-refractivity contribution in [1.82, 2.24) is 0 Å². The third-order valence-electron chi connectivity index (χ3n) is 12.6. The van der Waals surface area contributed by atoms with Crippen LogP contribution < -0.4 is 4.90 Å². The second kappa shape index (κ2) is 13.2. The van der Waals surface area contributed by atoms with Crippen LogP contribution in [-0.4, -0.2) is 0 Å². The van der Waals surface area contributed by atoms with Gasteiger partial charge < -0.3 is 9.32 Å². The zero-order chi connectivity index (χ0) is 36.3. The van der Waals surface area contributed by atoms with E-state index in [0.717, 1.165) is 45.1 Å². The highest BCUT2D eigenvalue weighted by atomic mass is 16.3. The van der Waals surface area contributed by atoms with E-state index in [9.17, 15) is 0 Å². The number of para-hydroxylation sites is 1. The first-order chi connectivity index (χ1) is 27.3. The van der Waals surface area contributed by atoms with E-state index in [4.69, 9.17) is 4.42 Å². The third kappa shape index (κ3) is 5.47. The lowest BCUT2D eigenvalue weighted by Crippen LogP contribution is -2.12. The van der Waals surface area contributed by atoms with E-state index in [0.29, 0.717) is 5.92 Å². The van der Waals surface area contributed by atoms with Gasteiger partial charge in [0.1, 0.15) is 11.2 Å². The molecule has 2 aliphatic rings. The summed E-state index contributed by atoms with van der Waals surface area (Å²) in [6.45, 7) is 0. The Morgan fingerprint density at radius 2 is 1.07 bits per heavy atom. The van der Waals surface area contributed by atoms with Gasteiger partial charge in [0, 0.05) is 33.6 Å². The molecule has 2 nitrogen and oxygen atoms in total. The maximum absolute atomic E-state index is 6.48. The largest absolute Gasteiger partial charge is 0.456 e. The molecule has 3 atom stereocenters. The molecule has 0 saturated heterocycles. The topological polar surface area (TPSA) is 16.4 Å². The summed E-state index contributed by atoms with van der Waals surface area (Å²) in [4.78, 5) is 2.44. The molecule has 264 valence electrons. The Bertz CT molecular complexity index is 2780. The van der Waals surface area contributed by atoms with E-state index in [1.807, 2.05) is 6.07 Å². The van der Waals surface area contributed by atoms with Crippen molar-refractivity contribution in [2.45, 2.75) is 31.6 Å². The molecule has 2 heteroatoms. The molecule has 11 rings (SSSR count). The van der Waals surface area contributed by atoms with Crippen LogP contribution in [0, 0.1) is 11.8 Å². The molecule has 2 aliphatic carbocycles. The number of nitrogens with zero attached hydrogens (tertiary/aromatic N) is 1. The standard InChI is InChI=1S/C53H41NO/c1-3-12-36(13-4-1)42-19-11-20-43(37-14-5-2-6-15-37)53(42)38-24-26-40(27-25-38)54(41-28-29-48-47-18-9-10-21-51(47)55-52(48)34-41)50-31-30-45(44-16-7-8-17-46(44)50)49-33-35-22-23-39(49)32-35/h1-21,24-31,34-35,39,49H,22-23,32-33H2. The van der Waals surface area contributed by atoms with Gasteiger partial charge in [0.25, 0.3) is 0 Å². The van der Waals surface area contributed by atoms with E-state index in [1.165, 1.54) is 81.1 Å². The normalized spacial score (nSPS) is 17.7. The van der Waals surface area contributed by atoms with Crippen molar-refractivity contribution in [1.29, 1.82) is 0 Å². The van der Waals surface area contributed by atoms with Crippen molar-refractivity contribution in [2.24, 2.45) is 11.8 Å². The average molecular weight is 708 g/mol. The molecule has 1 aromatic heterocycles. The molecule has 0 amide bonds. The molecule has 0 radical (unpaired) electrons. The molecule has 3 unspecified atom stereocenters. The maximum atomic E-state index is 6.48. The Morgan fingerprint density at radius 1 is 0.436 bits per heavy atom. The summed E-state index contributed by atoms with van der Waals surface area (Å²) in [5.74, 6) is 2.37. The van der Waals surface area contributed by atoms with Crippen molar-refractivity contribution >= 4 is 49.8 Å². The quantitative estimate of drug-likeness (QED) is 0.164. The summed E-state index contributed by atoms with van der Waals surface area (Å²) in [7, 11) is 0. The van der Waals surface area contributed by atoms with Crippen LogP contribution in [0.3, 0.4) is 0 Å². The number of benzene rings is 8. The number of hydrogen-bond acceptors (Lipinski definition) is 2. The Labute approximate surface area is 322 Å². The second-order valence-corrected chi connectivity index (χ2v) is 15.6. The Morgan fingerprint density at radius 3 is 1.76 bits per heavy atom. The van der Waals surface area contributed by atoms with Gasteiger partial charge in [-0.1, -0.05) is 146 Å². The Hall–Kier alpha value is -6.38. The van der Waals surface area contributed by atoms with E-state index in [2.05, 4.69) is 181 Å². The third-order valence-corrected chi connectivity index (χ3v) is 12.6. The van der Waals surface area contributed by atoms with Gasteiger partial charge in [-0.2, -0.15) is 0 Å². The number of furan rings is 1. The zero-order valence-electron chi connectivity index (χ0n) is 30.7. The van der Waals surface area contributed by atoms with Gasteiger partial charge >= 0.3 is 0 Å². The van der Waals surface area contributed by atoms with Crippen LogP contribution in [0.2, 0.25) is 0 Å². The lowest BCUT2D eigenvalue weighted by molar-refractivity contribution is 0.422. The minimum Gasteiger partial charge on any atom is -0.456 e. The van der Waals surface area contributed by atoms with E-state index < -0.39 is 0 Å². The molecular formula is C53H41NO. The van der Waals surface area contributed by atoms with E-state index >= 15 is 0 Å². The molecule has 55 heavy (non-hydrogen) atoms. The van der Waals surface area contributed by atoms with E-state index in [1.54, 1.807) is 0 Å². The summed E-state index contributed by atoms with van der Waals surface area (Å²) in [5, 5.41) is 4.95. The Balaban J connectivity index is 1.09. The highest BCUT2D eigenvalue weighted by molar-refractivity contribution is 6.07. The molecule has 8 aromatic carbocycles. The fourth-order valence-corrected chi connectivity index (χ4v) is 10.1. The van der Waals surface area contributed by atoms with Crippen LogP contribution in [0.5, 0.6) is 0 Å². The summed E-state index contributed by atoms with van der Waals surface area (Å²) in [6, 6.07) is 66.4. The van der Waals surface area contributed by atoms with Crippen molar-refractivity contribution < 1.29 is 4.42 Å². The minimum absolute atomic E-state index is 0.654. The van der Waals surface area contributed by atoms with Crippen LogP contribution in [0.15, 0.2) is 186 Å². The maximum Gasteiger partial charge on any atom is 0.137 e. The van der Waals surface area contributed by atoms with Crippen LogP contribution in [0.4, 0.5) is 17.1 Å². The second-order valence-electron chi connectivity index (χ2n) is 15.6. The van der Waals surface area contributed by atoms with Gasteiger partial charge in [-0.05, 0) is 118 Å². The predicted octanol–water partition coefficient (Wildman–Crippen LogP) is 15.1. The summed E-state index contributed by atoms with van der Waals surface area (Å²) < 4.78 is 6.48. The minimum atomic E-state index is 0.654. The molecule has 1 heterocycles. The van der Waals surface area contributed by atoms with Gasteiger partial charge in [-0.3, -0.25) is 0 Å². The van der Waals surface area contributed by atoms with Crippen LogP contribution in [0.25, 0.3) is 66.1 Å². The molecule has 0 N–H and O–H groups in total. The lowest BCUT2D eigenvalue weighted by Gasteiger charge is -2.29. The van der Waals surface area contributed by atoms with Gasteiger partial charge in [0.2, 0.25) is 0 Å². The fourth-order valence-electron chi connectivity index (χ4n) is 10.1. The van der Waals surface area contributed by atoms with Crippen molar-refractivity contribution in [3.8, 4) is 33.4 Å². The summed E-state index contributed by atoms with van der Waals surface area (Å²) in [5.41, 5.74) is 14.0. The first kappa shape index (κ1) is 32.1. The Kier molecular flexibility index (Phi) is 7.69. The fraction of sp³-hybridized carbons (Fsp3) is 0.132. The van der Waals surface area contributed by atoms with Crippen LogP contribution in [0.1, 0.15) is 37.2 Å². The van der Waals surface area contributed by atoms with Crippen LogP contribution in [-0.2, 0) is 0 Å². The first-order valence-corrected chi connectivity index (χ1v) is 19.8. The molecule has 2 saturated carbocycles. The van der Waals surface area contributed by atoms with Gasteiger partial charge in [-0.15, -0.1) is 0 Å². The molecule has 2 bridgehead atoms. The SMILES string of the molecule is c1ccc(-c2cccc(-c3ccccc3)c2-c2ccc(N(c3ccc4c(c3)oc3ccccc34)c3ccc(C4CC5CCC4C5)c4ccccc34)cc2)cc1. The highest BCUT2D eigenvalue weighted by Gasteiger charge is 2.40. The smallest absolute Gasteiger partial charge is 0.137 e. The molecule has 2 fully saturated rings. The zero-order valence-corrected chi connectivity index (χ0v) is 30.7. The van der Waals surface area contributed by atoms with Crippen molar-refractivity contribution in [2.75, 3.05) is 4.90 Å². The molecular weight excluding hydrogens is 667 g/mol. The average Bonchev–Trinajstić information content (AvgIpc) is 4.00. The highest BCUT2D eigenvalue weighted by Crippen LogP contribution is 2.55. The van der Waals surface area contributed by atoms with Crippen LogP contribution >= 0.6 is 0 Å². The van der Waals surface area contributed by atoms with Gasteiger partial charge in [-0.25, -0.2) is 0 Å². The molecule has 0 aliphatic heterocycles. The van der Waals surface area contributed by atoms with Gasteiger partial charge in [0.05, 0.1) is 5.69 Å². The summed E-state index contributed by atoms with van der Waals surface area (Å²) in [6.07, 6.45) is 5.52. The number of fused-ring (bicyclic) bond motifs is 6. The van der Waals surface area contributed by atoms with Crippen molar-refractivity contribution in [3.05, 3.63) is 188 Å². The molecule has 9 aromatic rings. The predicted molar refractivity (Wildman–Crippen MR) is 230 cm³/mol. The lowest BCUT2D eigenvalue weighted by atomic mass is 9.81. The monoisotopic (exact) mass is 707 g/mol. The number of hydrogen-bond donors (Lipinski definition) is 0.